The first-order valence-electron chi connectivity index (χ1n) is 3.89. The van der Waals surface area contributed by atoms with Crippen LogP contribution in [0, 0.1) is 0 Å². The van der Waals surface area contributed by atoms with Gasteiger partial charge < -0.3 is 4.74 Å². The molecule has 0 N–H and O–H groups in total. The van der Waals surface area contributed by atoms with Crippen molar-refractivity contribution in [2.75, 3.05) is 6.61 Å². The largest absolute Gasteiger partial charge is 0.466 e. The standard InChI is InChI=1S/C4H6O4.C4H8O2/c1-3(5)7-8-4(2)6;1-3-6-4(2)5/h1-2H3;3H2,1-2H3. The summed E-state index contributed by atoms with van der Waals surface area (Å²) in [5, 5.41) is 0. The summed E-state index contributed by atoms with van der Waals surface area (Å²) in [6.45, 7) is 5.94. The molecule has 0 unspecified atom stereocenters. The molecule has 0 aliphatic rings. The van der Waals surface area contributed by atoms with E-state index in [0.717, 1.165) is 13.8 Å². The van der Waals surface area contributed by atoms with E-state index in [1.807, 2.05) is 0 Å². The van der Waals surface area contributed by atoms with Crippen molar-refractivity contribution in [3.05, 3.63) is 0 Å². The molecule has 0 rings (SSSR count). The SMILES string of the molecule is CC(=O)OOC(C)=O.CCOC(C)=O. The van der Waals surface area contributed by atoms with Crippen LogP contribution in [0.4, 0.5) is 0 Å². The molecule has 0 radical (unpaired) electrons. The van der Waals surface area contributed by atoms with E-state index in [1.165, 1.54) is 6.92 Å². The summed E-state index contributed by atoms with van der Waals surface area (Å²) in [6, 6.07) is 0. The Balaban J connectivity index is 0. The molecule has 0 aromatic carbocycles. The third-order valence-corrected chi connectivity index (χ3v) is 0.624. The number of carbonyl (C=O) groups is 3. The van der Waals surface area contributed by atoms with Gasteiger partial charge in [0, 0.05) is 20.8 Å². The summed E-state index contributed by atoms with van der Waals surface area (Å²) in [5.74, 6) is -1.49. The molecule has 82 valence electrons. The van der Waals surface area contributed by atoms with Crippen LogP contribution in [0.5, 0.6) is 0 Å². The van der Waals surface area contributed by atoms with Gasteiger partial charge in [0.15, 0.2) is 0 Å². The third kappa shape index (κ3) is 22.4. The topological polar surface area (TPSA) is 78.9 Å². The maximum absolute atomic E-state index is 9.85. The zero-order valence-electron chi connectivity index (χ0n) is 8.66. The second kappa shape index (κ2) is 9.50. The molecule has 0 aromatic heterocycles. The summed E-state index contributed by atoms with van der Waals surface area (Å²) in [4.78, 5) is 37.1. The molecule has 6 heteroatoms. The second-order valence-electron chi connectivity index (χ2n) is 2.07. The van der Waals surface area contributed by atoms with Crippen molar-refractivity contribution < 1.29 is 28.9 Å². The Morgan fingerprint density at radius 3 is 1.29 bits per heavy atom. The number of carbonyl (C=O) groups excluding carboxylic acids is 3. The van der Waals surface area contributed by atoms with Crippen molar-refractivity contribution in [1.82, 2.24) is 0 Å². The quantitative estimate of drug-likeness (QED) is 0.355. The predicted octanol–water partition coefficient (Wildman–Crippen LogP) is 0.597. The fourth-order valence-electron chi connectivity index (χ4n) is 0.321. The summed E-state index contributed by atoms with van der Waals surface area (Å²) in [7, 11) is 0. The van der Waals surface area contributed by atoms with E-state index < -0.39 is 11.9 Å². The highest BCUT2D eigenvalue weighted by Gasteiger charge is 1.95. The van der Waals surface area contributed by atoms with E-state index in [9.17, 15) is 14.4 Å². The lowest BCUT2D eigenvalue weighted by Gasteiger charge is -1.93. The highest BCUT2D eigenvalue weighted by Crippen LogP contribution is 1.78. The van der Waals surface area contributed by atoms with Gasteiger partial charge in [-0.25, -0.2) is 19.4 Å². The number of hydrogen-bond acceptors (Lipinski definition) is 6. The van der Waals surface area contributed by atoms with Crippen LogP contribution in [-0.2, 0) is 28.9 Å². The molecule has 0 aromatic rings. The minimum absolute atomic E-state index is 0.211. The lowest BCUT2D eigenvalue weighted by Crippen LogP contribution is -2.03. The maximum Gasteiger partial charge on any atom is 0.352 e. The molecule has 0 aliphatic carbocycles. The van der Waals surface area contributed by atoms with Gasteiger partial charge in [-0.2, -0.15) is 0 Å². The predicted molar refractivity (Wildman–Crippen MR) is 45.8 cm³/mol. The molecule has 0 aliphatic heterocycles. The maximum atomic E-state index is 9.85. The molecule has 0 bridgehead atoms. The smallest absolute Gasteiger partial charge is 0.352 e. The number of ether oxygens (including phenoxy) is 1. The Morgan fingerprint density at radius 1 is 0.857 bits per heavy atom. The monoisotopic (exact) mass is 206 g/mol. The molecule has 0 saturated heterocycles. The highest BCUT2D eigenvalue weighted by molar-refractivity contribution is 5.69. The van der Waals surface area contributed by atoms with E-state index in [0.29, 0.717) is 6.61 Å². The molecule has 0 amide bonds. The first-order chi connectivity index (χ1) is 6.40. The van der Waals surface area contributed by atoms with Crippen molar-refractivity contribution in [1.29, 1.82) is 0 Å². The Kier molecular flexibility index (Phi) is 10.1. The molecule has 0 saturated carbocycles. The van der Waals surface area contributed by atoms with Crippen LogP contribution in [-0.4, -0.2) is 24.5 Å². The van der Waals surface area contributed by atoms with Gasteiger partial charge in [-0.15, -0.1) is 0 Å². The van der Waals surface area contributed by atoms with Gasteiger partial charge in [-0.1, -0.05) is 0 Å². The van der Waals surface area contributed by atoms with E-state index in [4.69, 9.17) is 0 Å². The number of hydrogen-bond donors (Lipinski definition) is 0. The lowest BCUT2D eigenvalue weighted by molar-refractivity contribution is -0.255. The summed E-state index contributed by atoms with van der Waals surface area (Å²) < 4.78 is 4.40. The average molecular weight is 206 g/mol. The van der Waals surface area contributed by atoms with Gasteiger partial charge in [0.2, 0.25) is 0 Å². The Bertz CT molecular complexity index is 184. The van der Waals surface area contributed by atoms with Crippen LogP contribution in [0.1, 0.15) is 27.7 Å². The highest BCUT2D eigenvalue weighted by atomic mass is 17.2. The van der Waals surface area contributed by atoms with Gasteiger partial charge in [0.25, 0.3) is 0 Å². The first kappa shape index (κ1) is 14.9. The minimum atomic E-state index is -0.639. The van der Waals surface area contributed by atoms with Gasteiger partial charge in [-0.3, -0.25) is 4.79 Å². The van der Waals surface area contributed by atoms with Crippen molar-refractivity contribution in [2.45, 2.75) is 27.7 Å². The van der Waals surface area contributed by atoms with Crippen molar-refractivity contribution >= 4 is 17.9 Å². The van der Waals surface area contributed by atoms with Crippen LogP contribution in [0.15, 0.2) is 0 Å². The molecular formula is C8H14O6. The average Bonchev–Trinajstić information content (AvgIpc) is 2.01. The molecule has 0 spiro atoms. The van der Waals surface area contributed by atoms with Crippen molar-refractivity contribution in [2.24, 2.45) is 0 Å². The third-order valence-electron chi connectivity index (χ3n) is 0.624. The summed E-state index contributed by atoms with van der Waals surface area (Å²) in [6.07, 6.45) is 0. The van der Waals surface area contributed by atoms with Gasteiger partial charge >= 0.3 is 17.9 Å². The van der Waals surface area contributed by atoms with Crippen LogP contribution >= 0.6 is 0 Å². The van der Waals surface area contributed by atoms with E-state index in [-0.39, 0.29) is 5.97 Å². The van der Waals surface area contributed by atoms with Crippen LogP contribution in [0.2, 0.25) is 0 Å². The van der Waals surface area contributed by atoms with E-state index >= 15 is 0 Å². The zero-order chi connectivity index (χ0) is 11.6. The molecule has 6 nitrogen and oxygen atoms in total. The number of rotatable bonds is 1. The van der Waals surface area contributed by atoms with Crippen LogP contribution in [0.3, 0.4) is 0 Å². The number of esters is 1. The van der Waals surface area contributed by atoms with E-state index in [1.54, 1.807) is 6.92 Å². The molecule has 0 heterocycles. The summed E-state index contributed by atoms with van der Waals surface area (Å²) >= 11 is 0. The van der Waals surface area contributed by atoms with Crippen LogP contribution < -0.4 is 0 Å². The van der Waals surface area contributed by atoms with Crippen molar-refractivity contribution in [3.8, 4) is 0 Å². The van der Waals surface area contributed by atoms with Gasteiger partial charge in [0.05, 0.1) is 6.61 Å². The first-order valence-corrected chi connectivity index (χ1v) is 3.89. The van der Waals surface area contributed by atoms with Crippen LogP contribution in [0.25, 0.3) is 0 Å². The Labute approximate surface area is 82.1 Å². The fraction of sp³-hybridized carbons (Fsp3) is 0.625. The van der Waals surface area contributed by atoms with Gasteiger partial charge in [-0.05, 0) is 6.92 Å². The molecule has 0 atom stereocenters. The zero-order valence-corrected chi connectivity index (χ0v) is 8.66. The lowest BCUT2D eigenvalue weighted by atomic mass is 10.8. The molecule has 0 fully saturated rings. The Morgan fingerprint density at radius 2 is 1.21 bits per heavy atom. The van der Waals surface area contributed by atoms with Gasteiger partial charge in [0.1, 0.15) is 0 Å². The summed E-state index contributed by atoms with van der Waals surface area (Å²) in [5.41, 5.74) is 0. The van der Waals surface area contributed by atoms with Crippen molar-refractivity contribution in [3.63, 3.8) is 0 Å². The fourth-order valence-corrected chi connectivity index (χ4v) is 0.321. The second-order valence-corrected chi connectivity index (χ2v) is 2.07. The molecule has 14 heavy (non-hydrogen) atoms. The van der Waals surface area contributed by atoms with E-state index in [2.05, 4.69) is 14.5 Å². The Hall–Kier alpha value is -1.59. The minimum Gasteiger partial charge on any atom is -0.466 e. The molecular weight excluding hydrogens is 192 g/mol. The normalized spacial score (nSPS) is 7.71.